The Morgan fingerprint density at radius 3 is 2.65 bits per heavy atom. The number of ether oxygens (including phenoxy) is 2. The monoisotopic (exact) mass is 374 g/mol. The number of aliphatic hydroxyl groups excluding tert-OH is 1. The van der Waals surface area contributed by atoms with Gasteiger partial charge in [-0.25, -0.2) is 4.98 Å². The maximum atomic E-state index is 9.07. The number of nitrogens with zero attached hydrogens (tertiary/aromatic N) is 2. The van der Waals surface area contributed by atoms with Crippen LogP contribution in [0.1, 0.15) is 0 Å². The largest absolute Gasteiger partial charge is 0.486 e. The van der Waals surface area contributed by atoms with E-state index < -0.39 is 0 Å². The van der Waals surface area contributed by atoms with E-state index in [0.717, 1.165) is 22.3 Å². The van der Waals surface area contributed by atoms with Crippen LogP contribution in [-0.2, 0) is 0 Å². The zero-order chi connectivity index (χ0) is 17.1. The number of halogens is 1. The summed E-state index contributed by atoms with van der Waals surface area (Å²) in [6.45, 7) is 1.55. The lowest BCUT2D eigenvalue weighted by Gasteiger charge is -2.19. The summed E-state index contributed by atoms with van der Waals surface area (Å²) in [4.78, 5) is 9.08. The molecule has 0 amide bonds. The molecule has 1 aliphatic rings. The third kappa shape index (κ3) is 3.74. The molecule has 0 atom stereocenters. The highest BCUT2D eigenvalue weighted by molar-refractivity contribution is 5.90. The molecule has 0 aliphatic carbocycles. The van der Waals surface area contributed by atoms with Gasteiger partial charge >= 0.3 is 0 Å². The Labute approximate surface area is 156 Å². The van der Waals surface area contributed by atoms with E-state index in [1.807, 2.05) is 42.5 Å². The molecule has 0 unspecified atom stereocenters. The molecule has 0 radical (unpaired) electrons. The number of aliphatic hydroxyl groups is 1. The lowest BCUT2D eigenvalue weighted by atomic mass is 10.2. The molecule has 7 nitrogen and oxygen atoms in total. The first kappa shape index (κ1) is 18.0. The standard InChI is InChI=1S/C18H18N4O3.ClH/c23-8-7-19-17-13-3-1-2-4-14(13)21-18(22-17)20-12-5-6-15-16(11-12)25-10-9-24-15;/h1-6,11,23H,7-10H2,(H2,19,20,21,22);1H. The molecule has 1 aromatic heterocycles. The van der Waals surface area contributed by atoms with Crippen LogP contribution in [-0.4, -0.2) is 41.4 Å². The van der Waals surface area contributed by atoms with Crippen LogP contribution < -0.4 is 20.1 Å². The zero-order valence-corrected chi connectivity index (χ0v) is 14.8. The third-order valence-electron chi connectivity index (χ3n) is 3.81. The van der Waals surface area contributed by atoms with Crippen LogP contribution in [0.15, 0.2) is 42.5 Å². The Morgan fingerprint density at radius 1 is 1.00 bits per heavy atom. The van der Waals surface area contributed by atoms with Crippen molar-refractivity contribution in [1.82, 2.24) is 9.97 Å². The van der Waals surface area contributed by atoms with Crippen molar-refractivity contribution in [3.8, 4) is 11.5 Å². The predicted molar refractivity (Wildman–Crippen MR) is 103 cm³/mol. The summed E-state index contributed by atoms with van der Waals surface area (Å²) in [6, 6.07) is 13.4. The van der Waals surface area contributed by atoms with Gasteiger partial charge in [0.2, 0.25) is 5.95 Å². The van der Waals surface area contributed by atoms with Crippen LogP contribution in [0.5, 0.6) is 11.5 Å². The van der Waals surface area contributed by atoms with Gasteiger partial charge in [0.15, 0.2) is 11.5 Å². The van der Waals surface area contributed by atoms with Crippen LogP contribution in [0.3, 0.4) is 0 Å². The van der Waals surface area contributed by atoms with Crippen molar-refractivity contribution in [2.75, 3.05) is 37.0 Å². The van der Waals surface area contributed by atoms with Crippen molar-refractivity contribution in [2.45, 2.75) is 0 Å². The molecule has 26 heavy (non-hydrogen) atoms. The maximum absolute atomic E-state index is 9.07. The number of fused-ring (bicyclic) bond motifs is 2. The summed E-state index contributed by atoms with van der Waals surface area (Å²) in [7, 11) is 0. The zero-order valence-electron chi connectivity index (χ0n) is 13.9. The Bertz CT molecular complexity index is 907. The van der Waals surface area contributed by atoms with E-state index in [4.69, 9.17) is 14.6 Å². The smallest absolute Gasteiger partial charge is 0.229 e. The van der Waals surface area contributed by atoms with Gasteiger partial charge in [0.1, 0.15) is 19.0 Å². The second-order valence-electron chi connectivity index (χ2n) is 5.55. The molecule has 0 spiro atoms. The fourth-order valence-electron chi connectivity index (χ4n) is 2.69. The molecule has 0 saturated carbocycles. The van der Waals surface area contributed by atoms with Gasteiger partial charge in [-0.1, -0.05) is 12.1 Å². The highest BCUT2D eigenvalue weighted by atomic mass is 35.5. The van der Waals surface area contributed by atoms with E-state index >= 15 is 0 Å². The van der Waals surface area contributed by atoms with Gasteiger partial charge in [-0.2, -0.15) is 4.98 Å². The number of hydrogen-bond donors (Lipinski definition) is 3. The van der Waals surface area contributed by atoms with Crippen LogP contribution in [0.2, 0.25) is 0 Å². The van der Waals surface area contributed by atoms with Crippen molar-refractivity contribution in [3.05, 3.63) is 42.5 Å². The fraction of sp³-hybridized carbons (Fsp3) is 0.222. The van der Waals surface area contributed by atoms with E-state index in [2.05, 4.69) is 20.6 Å². The van der Waals surface area contributed by atoms with E-state index in [1.54, 1.807) is 0 Å². The van der Waals surface area contributed by atoms with Gasteiger partial charge in [0.05, 0.1) is 12.1 Å². The SMILES string of the molecule is Cl.OCCNc1nc(Nc2ccc3c(c2)OCCO3)nc2ccccc12. The molecular formula is C18H19ClN4O3. The average Bonchev–Trinajstić information content (AvgIpc) is 2.66. The fourth-order valence-corrected chi connectivity index (χ4v) is 2.69. The molecule has 8 heteroatoms. The van der Waals surface area contributed by atoms with Gasteiger partial charge in [-0.05, 0) is 24.3 Å². The van der Waals surface area contributed by atoms with Gasteiger partial charge in [-0.15, -0.1) is 12.4 Å². The first-order chi connectivity index (χ1) is 12.3. The van der Waals surface area contributed by atoms with Gasteiger partial charge in [0.25, 0.3) is 0 Å². The predicted octanol–water partition coefficient (Wildman–Crippen LogP) is 2.97. The van der Waals surface area contributed by atoms with Crippen LogP contribution >= 0.6 is 12.4 Å². The lowest BCUT2D eigenvalue weighted by Crippen LogP contribution is -2.15. The summed E-state index contributed by atoms with van der Waals surface area (Å²) < 4.78 is 11.1. The number of hydrogen-bond acceptors (Lipinski definition) is 7. The highest BCUT2D eigenvalue weighted by Gasteiger charge is 2.13. The van der Waals surface area contributed by atoms with Crippen LogP contribution in [0, 0.1) is 0 Å². The number of rotatable bonds is 5. The topological polar surface area (TPSA) is 88.5 Å². The minimum Gasteiger partial charge on any atom is -0.486 e. The number of nitrogens with one attached hydrogen (secondary N) is 2. The second kappa shape index (κ2) is 8.07. The first-order valence-corrected chi connectivity index (χ1v) is 8.12. The molecular weight excluding hydrogens is 356 g/mol. The normalized spacial score (nSPS) is 12.3. The van der Waals surface area contributed by atoms with Gasteiger partial charge < -0.3 is 25.2 Å². The van der Waals surface area contributed by atoms with Crippen molar-refractivity contribution in [1.29, 1.82) is 0 Å². The molecule has 3 aromatic rings. The van der Waals surface area contributed by atoms with E-state index in [1.165, 1.54) is 0 Å². The van der Waals surface area contributed by atoms with Crippen molar-refractivity contribution in [3.63, 3.8) is 0 Å². The molecule has 4 rings (SSSR count). The molecule has 136 valence electrons. The lowest BCUT2D eigenvalue weighted by molar-refractivity contribution is 0.171. The van der Waals surface area contributed by atoms with Gasteiger partial charge in [0, 0.05) is 23.7 Å². The minimum absolute atomic E-state index is 0. The molecule has 0 fully saturated rings. The van der Waals surface area contributed by atoms with Crippen LogP contribution in [0.4, 0.5) is 17.5 Å². The Balaban J connectivity index is 0.00000196. The van der Waals surface area contributed by atoms with Crippen LogP contribution in [0.25, 0.3) is 10.9 Å². The first-order valence-electron chi connectivity index (χ1n) is 8.12. The number of para-hydroxylation sites is 1. The maximum Gasteiger partial charge on any atom is 0.229 e. The third-order valence-corrected chi connectivity index (χ3v) is 3.81. The summed E-state index contributed by atoms with van der Waals surface area (Å²) in [5.41, 5.74) is 1.63. The van der Waals surface area contributed by atoms with Crippen molar-refractivity contribution >= 4 is 40.8 Å². The molecule has 1 aliphatic heterocycles. The minimum atomic E-state index is 0. The number of aromatic nitrogens is 2. The van der Waals surface area contributed by atoms with E-state index in [9.17, 15) is 0 Å². The highest BCUT2D eigenvalue weighted by Crippen LogP contribution is 2.33. The Hall–Kier alpha value is -2.77. The molecule has 3 N–H and O–H groups in total. The molecule has 0 saturated heterocycles. The second-order valence-corrected chi connectivity index (χ2v) is 5.55. The van der Waals surface area contributed by atoms with E-state index in [0.29, 0.717) is 37.3 Å². The average molecular weight is 375 g/mol. The molecule has 0 bridgehead atoms. The quantitative estimate of drug-likeness (QED) is 0.632. The summed E-state index contributed by atoms with van der Waals surface area (Å²) in [5.74, 6) is 2.59. The molecule has 2 aromatic carbocycles. The summed E-state index contributed by atoms with van der Waals surface area (Å²) >= 11 is 0. The number of benzene rings is 2. The molecule has 2 heterocycles. The Morgan fingerprint density at radius 2 is 1.81 bits per heavy atom. The summed E-state index contributed by atoms with van der Waals surface area (Å²) in [6.07, 6.45) is 0. The van der Waals surface area contributed by atoms with Gasteiger partial charge in [-0.3, -0.25) is 0 Å². The summed E-state index contributed by atoms with van der Waals surface area (Å²) in [5, 5.41) is 16.3. The van der Waals surface area contributed by atoms with E-state index in [-0.39, 0.29) is 19.0 Å². The van der Waals surface area contributed by atoms with Crippen molar-refractivity contribution < 1.29 is 14.6 Å². The van der Waals surface area contributed by atoms with Crippen molar-refractivity contribution in [2.24, 2.45) is 0 Å². The Kier molecular flexibility index (Phi) is 5.60. The number of anilines is 3.